The lowest BCUT2D eigenvalue weighted by Crippen LogP contribution is -2.41. The smallest absolute Gasteiger partial charge is 0.407 e. The summed E-state index contributed by atoms with van der Waals surface area (Å²) in [6, 6.07) is 23.1. The molecule has 2 N–H and O–H groups in total. The quantitative estimate of drug-likeness (QED) is 0.218. The van der Waals surface area contributed by atoms with E-state index in [0.717, 1.165) is 16.7 Å². The highest BCUT2D eigenvalue weighted by molar-refractivity contribution is 6.00. The third-order valence-corrected chi connectivity index (χ3v) is 6.72. The van der Waals surface area contributed by atoms with Crippen molar-refractivity contribution >= 4 is 23.5 Å². The Morgan fingerprint density at radius 2 is 1.60 bits per heavy atom. The van der Waals surface area contributed by atoms with Gasteiger partial charge in [0.05, 0.1) is 32.1 Å². The van der Waals surface area contributed by atoms with Crippen LogP contribution in [0.4, 0.5) is 10.5 Å². The molecule has 0 unspecified atom stereocenters. The maximum atomic E-state index is 13.3. The van der Waals surface area contributed by atoms with Gasteiger partial charge in [-0.2, -0.15) is 0 Å². The number of rotatable bonds is 12. The van der Waals surface area contributed by atoms with Gasteiger partial charge in [-0.3, -0.25) is 14.5 Å². The average molecular weight is 588 g/mol. The molecule has 1 heterocycles. The van der Waals surface area contributed by atoms with Crippen LogP contribution in [0.15, 0.2) is 72.8 Å². The number of hydrogen-bond acceptors (Lipinski definition) is 7. The van der Waals surface area contributed by atoms with E-state index in [0.29, 0.717) is 62.9 Å². The summed E-state index contributed by atoms with van der Waals surface area (Å²) in [6.45, 7) is 8.85. The van der Waals surface area contributed by atoms with Gasteiger partial charge in [0.25, 0.3) is 0 Å². The van der Waals surface area contributed by atoms with E-state index in [1.807, 2.05) is 47.4 Å². The number of carbonyl (C=O) groups is 3. The number of hydrogen-bond donors (Lipinski definition) is 2. The van der Waals surface area contributed by atoms with E-state index < -0.39 is 11.7 Å². The second kappa shape index (κ2) is 15.3. The van der Waals surface area contributed by atoms with Crippen LogP contribution in [0, 0.1) is 0 Å². The summed E-state index contributed by atoms with van der Waals surface area (Å²) in [6.07, 6.45) is 0.272. The highest BCUT2D eigenvalue weighted by Gasteiger charge is 2.18. The molecule has 0 radical (unpaired) electrons. The van der Waals surface area contributed by atoms with Crippen molar-refractivity contribution in [2.24, 2.45) is 0 Å². The fraction of sp³-hybridized carbons (Fsp3) is 0.382. The first-order valence-electron chi connectivity index (χ1n) is 14.7. The van der Waals surface area contributed by atoms with E-state index in [2.05, 4.69) is 22.8 Å². The number of Topliss-reactive ketones (excluding diaryl/α,β-unsaturated/α-hetero) is 1. The average Bonchev–Trinajstić information content (AvgIpc) is 2.98. The fourth-order valence-corrected chi connectivity index (χ4v) is 4.57. The van der Waals surface area contributed by atoms with E-state index in [-0.39, 0.29) is 24.7 Å². The summed E-state index contributed by atoms with van der Waals surface area (Å²) >= 11 is 0. The van der Waals surface area contributed by atoms with Crippen molar-refractivity contribution in [1.29, 1.82) is 0 Å². The number of nitrogens with zero attached hydrogens (tertiary/aromatic N) is 1. The third-order valence-electron chi connectivity index (χ3n) is 6.72. The molecule has 0 spiro atoms. The number of nitrogens with one attached hydrogen (secondary N) is 2. The largest absolute Gasteiger partial charge is 0.491 e. The molecule has 1 saturated heterocycles. The highest BCUT2D eigenvalue weighted by atomic mass is 16.6. The molecule has 0 aromatic heterocycles. The first-order chi connectivity index (χ1) is 20.7. The first kappa shape index (κ1) is 31.7. The molecule has 3 aromatic rings. The molecule has 3 aromatic carbocycles. The molecule has 1 aliphatic rings. The number of ether oxygens (including phenoxy) is 3. The van der Waals surface area contributed by atoms with Gasteiger partial charge in [-0.15, -0.1) is 0 Å². The Morgan fingerprint density at radius 3 is 2.30 bits per heavy atom. The number of amides is 2. The number of anilines is 1. The Balaban J connectivity index is 1.39. The number of morpholine rings is 1. The standard InChI is InChI=1S/C34H41N3O6/c1-34(2,3)43-33(40)35-16-7-19-42-31-15-14-28(23-29(31)36-32(39)24-37-17-20-41-21-18-37)30(38)22-25-10-12-27(13-11-25)26-8-5-4-6-9-26/h4-6,8-15,23H,7,16-22,24H2,1-3H3,(H,35,40)(H,36,39). The third kappa shape index (κ3) is 10.5. The summed E-state index contributed by atoms with van der Waals surface area (Å²) in [5, 5.41) is 5.65. The van der Waals surface area contributed by atoms with Crippen molar-refractivity contribution < 1.29 is 28.6 Å². The Bertz CT molecular complexity index is 1360. The monoisotopic (exact) mass is 587 g/mol. The van der Waals surface area contributed by atoms with Crippen LogP contribution in [-0.2, 0) is 20.7 Å². The maximum Gasteiger partial charge on any atom is 0.407 e. The molecule has 43 heavy (non-hydrogen) atoms. The number of carbonyl (C=O) groups excluding carboxylic acids is 3. The van der Waals surface area contributed by atoms with Crippen molar-refractivity contribution in [3.8, 4) is 16.9 Å². The molecule has 1 aliphatic heterocycles. The summed E-state index contributed by atoms with van der Waals surface area (Å²) in [4.78, 5) is 40.1. The molecule has 0 atom stereocenters. The second-order valence-electron chi connectivity index (χ2n) is 11.4. The van der Waals surface area contributed by atoms with Gasteiger partial charge in [0.15, 0.2) is 5.78 Å². The first-order valence-corrected chi connectivity index (χ1v) is 14.7. The van der Waals surface area contributed by atoms with Crippen LogP contribution in [0.5, 0.6) is 5.75 Å². The lowest BCUT2D eigenvalue weighted by atomic mass is 9.99. The zero-order chi connectivity index (χ0) is 30.7. The van der Waals surface area contributed by atoms with E-state index in [1.165, 1.54) is 0 Å². The van der Waals surface area contributed by atoms with E-state index >= 15 is 0 Å². The van der Waals surface area contributed by atoms with Gasteiger partial charge in [0.2, 0.25) is 5.91 Å². The predicted octanol–water partition coefficient (Wildman–Crippen LogP) is 5.34. The topological polar surface area (TPSA) is 106 Å². The lowest BCUT2D eigenvalue weighted by Gasteiger charge is -2.26. The van der Waals surface area contributed by atoms with E-state index in [4.69, 9.17) is 14.2 Å². The van der Waals surface area contributed by atoms with Gasteiger partial charge < -0.3 is 24.8 Å². The summed E-state index contributed by atoms with van der Waals surface area (Å²) in [5.74, 6) is 0.194. The number of ketones is 1. The molecule has 0 aliphatic carbocycles. The van der Waals surface area contributed by atoms with Crippen LogP contribution in [0.2, 0.25) is 0 Å². The normalized spacial score (nSPS) is 13.7. The van der Waals surface area contributed by atoms with Crippen LogP contribution in [0.1, 0.15) is 43.1 Å². The fourth-order valence-electron chi connectivity index (χ4n) is 4.57. The molecule has 0 bridgehead atoms. The zero-order valence-corrected chi connectivity index (χ0v) is 25.2. The number of alkyl carbamates (subject to hydrolysis) is 1. The molecule has 9 nitrogen and oxygen atoms in total. The Kier molecular flexibility index (Phi) is 11.3. The Morgan fingerprint density at radius 1 is 0.907 bits per heavy atom. The van der Waals surface area contributed by atoms with Crippen molar-refractivity contribution in [1.82, 2.24) is 10.2 Å². The molecular formula is C34H41N3O6. The Labute approximate surface area is 253 Å². The lowest BCUT2D eigenvalue weighted by molar-refractivity contribution is -0.118. The van der Waals surface area contributed by atoms with E-state index in [9.17, 15) is 14.4 Å². The number of benzene rings is 3. The molecule has 1 fully saturated rings. The van der Waals surface area contributed by atoms with Crippen LogP contribution >= 0.6 is 0 Å². The summed E-state index contributed by atoms with van der Waals surface area (Å²) < 4.78 is 16.6. The highest BCUT2D eigenvalue weighted by Crippen LogP contribution is 2.27. The summed E-state index contributed by atoms with van der Waals surface area (Å²) in [5.41, 5.74) is 3.45. The minimum absolute atomic E-state index is 0.0655. The van der Waals surface area contributed by atoms with Gasteiger partial charge >= 0.3 is 6.09 Å². The van der Waals surface area contributed by atoms with Gasteiger partial charge in [-0.05, 0) is 62.1 Å². The van der Waals surface area contributed by atoms with Gasteiger partial charge in [0.1, 0.15) is 11.4 Å². The van der Waals surface area contributed by atoms with Crippen molar-refractivity contribution in [3.05, 3.63) is 83.9 Å². The minimum Gasteiger partial charge on any atom is -0.491 e. The van der Waals surface area contributed by atoms with Crippen molar-refractivity contribution in [2.75, 3.05) is 51.3 Å². The second-order valence-corrected chi connectivity index (χ2v) is 11.4. The molecule has 2 amide bonds. The van der Waals surface area contributed by atoms with Crippen molar-refractivity contribution in [2.45, 2.75) is 39.2 Å². The SMILES string of the molecule is CC(C)(C)OC(=O)NCCCOc1ccc(C(=O)Cc2ccc(-c3ccccc3)cc2)cc1NC(=O)CN1CCOCC1. The zero-order valence-electron chi connectivity index (χ0n) is 25.2. The molecule has 228 valence electrons. The van der Waals surface area contributed by atoms with Crippen LogP contribution < -0.4 is 15.4 Å². The summed E-state index contributed by atoms with van der Waals surface area (Å²) in [7, 11) is 0. The van der Waals surface area contributed by atoms with Crippen LogP contribution in [0.25, 0.3) is 11.1 Å². The Hall–Kier alpha value is -4.21. The molecule has 4 rings (SSSR count). The van der Waals surface area contributed by atoms with Crippen LogP contribution in [-0.4, -0.2) is 74.3 Å². The minimum atomic E-state index is -0.570. The maximum absolute atomic E-state index is 13.3. The predicted molar refractivity (Wildman–Crippen MR) is 167 cm³/mol. The van der Waals surface area contributed by atoms with Crippen LogP contribution in [0.3, 0.4) is 0 Å². The molecule has 0 saturated carbocycles. The van der Waals surface area contributed by atoms with Gasteiger partial charge in [-0.25, -0.2) is 4.79 Å². The van der Waals surface area contributed by atoms with Gasteiger partial charge in [0, 0.05) is 31.6 Å². The van der Waals surface area contributed by atoms with Gasteiger partial charge in [-0.1, -0.05) is 54.6 Å². The molecular weight excluding hydrogens is 546 g/mol. The van der Waals surface area contributed by atoms with Crippen molar-refractivity contribution in [3.63, 3.8) is 0 Å². The molecule has 9 heteroatoms. The van der Waals surface area contributed by atoms with E-state index in [1.54, 1.807) is 39.0 Å².